The summed E-state index contributed by atoms with van der Waals surface area (Å²) in [4.78, 5) is -0.277. The Morgan fingerprint density at radius 2 is 1.50 bits per heavy atom. The largest absolute Gasteiger partial charge is 0.743 e. The zero-order valence-electron chi connectivity index (χ0n) is 14.2. The van der Waals surface area contributed by atoms with E-state index in [1.807, 2.05) is 0 Å². The molecule has 0 fully saturated rings. The molecule has 0 heterocycles. The first-order valence-corrected chi connectivity index (χ1v) is 9.46. The Bertz CT molecular complexity index is 597. The van der Waals surface area contributed by atoms with Gasteiger partial charge in [-0.3, -0.25) is 0 Å². The Morgan fingerprint density at radius 3 is 1.88 bits per heavy atom. The summed E-state index contributed by atoms with van der Waals surface area (Å²) in [6.07, 6.45) is 0. The maximum Gasteiger partial charge on any atom is 0.406 e. The second-order valence-corrected chi connectivity index (χ2v) is 7.36. The number of hydrogen-bond acceptors (Lipinski definition) is 6. The molecular weight excluding hydrogens is 402 g/mol. The molecule has 0 radical (unpaired) electrons. The third-order valence-electron chi connectivity index (χ3n) is 2.69. The lowest BCUT2D eigenvalue weighted by Gasteiger charge is -2.27. The van der Waals surface area contributed by atoms with Crippen LogP contribution in [0.15, 0.2) is 35.2 Å². The molecule has 0 unspecified atom stereocenters. The molecule has 0 saturated heterocycles. The lowest BCUT2D eigenvalue weighted by atomic mass is 10.4. The van der Waals surface area contributed by atoms with Gasteiger partial charge in [-0.2, -0.15) is 17.6 Å². The van der Waals surface area contributed by atoms with Crippen LogP contribution in [0.3, 0.4) is 0 Å². The van der Waals surface area contributed by atoms with Gasteiger partial charge in [0.25, 0.3) is 0 Å². The molecule has 12 heteroatoms. The Kier molecular flexibility index (Phi) is 11.3. The van der Waals surface area contributed by atoms with Gasteiger partial charge in [-0.05, 0) is 23.9 Å². The zero-order valence-corrected chi connectivity index (χ0v) is 15.8. The third-order valence-corrected chi connectivity index (χ3v) is 4.73. The maximum atomic E-state index is 13.0. The van der Waals surface area contributed by atoms with Crippen LogP contribution in [0.25, 0.3) is 0 Å². The number of thioether (sulfide) groups is 1. The minimum Gasteiger partial charge on any atom is -0.743 e. The average Bonchev–Trinajstić information content (AvgIpc) is 2.55. The summed E-state index contributed by atoms with van der Waals surface area (Å²) in [7, 11) is -3.01. The summed E-state index contributed by atoms with van der Waals surface area (Å²) in [5, 5.41) is -8.53. The number of alkyl halides is 4. The molecule has 152 valence electrons. The van der Waals surface area contributed by atoms with E-state index < -0.39 is 32.4 Å². The number of rotatable bonds is 10. The molecule has 1 aromatic rings. The van der Waals surface area contributed by atoms with E-state index in [0.717, 1.165) is 38.4 Å². The fourth-order valence-electron chi connectivity index (χ4n) is 1.39. The first-order valence-electron chi connectivity index (χ1n) is 7.24. The standard InChI is InChI=1S/C8H6F4O3S2.C6H15NO2/c9-7(10,8(11,12)17(13,14)15)16-6-4-2-1-3-5-6;1-8-5-3-7-4-6-9-2/h1-5H,(H,13,14,15);7H,3-6H2,1-2H3. The number of hydrogen-bond donors (Lipinski definition) is 1. The maximum absolute atomic E-state index is 13.0. The second-order valence-electron chi connectivity index (χ2n) is 4.75. The Morgan fingerprint density at radius 1 is 1.04 bits per heavy atom. The minimum absolute atomic E-state index is 0.277. The molecular formula is C14H21F4NO5S2. The van der Waals surface area contributed by atoms with Crippen molar-refractivity contribution in [3.05, 3.63) is 30.3 Å². The fraction of sp³-hybridized carbons (Fsp3) is 0.571. The summed E-state index contributed by atoms with van der Waals surface area (Å²) >= 11 is -0.683. The average molecular weight is 423 g/mol. The SMILES string of the molecule is COCC[NH2+]CCOC.O=S(=O)([O-])C(F)(F)C(F)(F)Sc1ccccc1. The van der Waals surface area contributed by atoms with Crippen molar-refractivity contribution < 1.29 is 45.3 Å². The van der Waals surface area contributed by atoms with E-state index in [1.165, 1.54) is 18.2 Å². The molecule has 0 amide bonds. The zero-order chi connectivity index (χ0) is 20.3. The van der Waals surface area contributed by atoms with Crippen LogP contribution in [0.2, 0.25) is 0 Å². The van der Waals surface area contributed by atoms with Gasteiger partial charge in [0.1, 0.15) is 0 Å². The fourth-order valence-corrected chi connectivity index (χ4v) is 2.82. The number of quaternary nitrogens is 1. The molecule has 6 nitrogen and oxygen atoms in total. The van der Waals surface area contributed by atoms with Crippen LogP contribution in [-0.4, -0.2) is 64.0 Å². The van der Waals surface area contributed by atoms with Crippen LogP contribution in [-0.2, 0) is 19.6 Å². The molecule has 0 atom stereocenters. The normalized spacial score (nSPS) is 12.4. The molecule has 1 rings (SSSR count). The monoisotopic (exact) mass is 423 g/mol. The van der Waals surface area contributed by atoms with Crippen molar-refractivity contribution in [1.29, 1.82) is 0 Å². The quantitative estimate of drug-likeness (QED) is 0.264. The van der Waals surface area contributed by atoms with Gasteiger partial charge in [-0.25, -0.2) is 8.42 Å². The van der Waals surface area contributed by atoms with Gasteiger partial charge in [0, 0.05) is 19.1 Å². The highest BCUT2D eigenvalue weighted by Crippen LogP contribution is 2.48. The van der Waals surface area contributed by atoms with Crippen LogP contribution in [0.1, 0.15) is 0 Å². The molecule has 0 bridgehead atoms. The molecule has 0 aliphatic heterocycles. The van der Waals surface area contributed by atoms with Gasteiger partial charge >= 0.3 is 10.5 Å². The highest BCUT2D eigenvalue weighted by atomic mass is 32.2. The van der Waals surface area contributed by atoms with Gasteiger partial charge in [-0.1, -0.05) is 18.2 Å². The minimum atomic E-state index is -6.43. The van der Waals surface area contributed by atoms with Gasteiger partial charge in [-0.15, -0.1) is 0 Å². The van der Waals surface area contributed by atoms with E-state index in [1.54, 1.807) is 14.2 Å². The Labute approximate surface area is 154 Å². The number of ether oxygens (including phenoxy) is 2. The number of nitrogens with two attached hydrogens (primary N) is 1. The van der Waals surface area contributed by atoms with Crippen molar-refractivity contribution in [2.75, 3.05) is 40.5 Å². The van der Waals surface area contributed by atoms with Crippen LogP contribution >= 0.6 is 11.8 Å². The summed E-state index contributed by atoms with van der Waals surface area (Å²) in [6, 6.07) is 6.26. The molecule has 1 aromatic carbocycles. The molecule has 2 N–H and O–H groups in total. The van der Waals surface area contributed by atoms with E-state index in [-0.39, 0.29) is 4.90 Å². The first kappa shape index (κ1) is 25.1. The van der Waals surface area contributed by atoms with Gasteiger partial charge < -0.3 is 19.3 Å². The predicted molar refractivity (Wildman–Crippen MR) is 87.3 cm³/mol. The Hall–Kier alpha value is -0.920. The van der Waals surface area contributed by atoms with Crippen molar-refractivity contribution in [3.8, 4) is 0 Å². The third kappa shape index (κ3) is 8.64. The van der Waals surface area contributed by atoms with Crippen LogP contribution < -0.4 is 5.32 Å². The molecule has 0 spiro atoms. The first-order chi connectivity index (χ1) is 12.0. The van der Waals surface area contributed by atoms with Crippen molar-refractivity contribution in [2.24, 2.45) is 0 Å². The lowest BCUT2D eigenvalue weighted by Crippen LogP contribution is -2.86. The molecule has 0 aliphatic rings. The van der Waals surface area contributed by atoms with Crippen molar-refractivity contribution >= 4 is 21.9 Å². The highest BCUT2D eigenvalue weighted by molar-refractivity contribution is 8.01. The topological polar surface area (TPSA) is 92.3 Å². The summed E-state index contributed by atoms with van der Waals surface area (Å²) in [6.45, 7) is 3.70. The second kappa shape index (κ2) is 11.7. The smallest absolute Gasteiger partial charge is 0.406 e. The predicted octanol–water partition coefficient (Wildman–Crippen LogP) is 1.35. The molecule has 0 saturated carbocycles. The van der Waals surface area contributed by atoms with E-state index >= 15 is 0 Å². The van der Waals surface area contributed by atoms with Crippen molar-refractivity contribution in [1.82, 2.24) is 0 Å². The Balaban J connectivity index is 0.000000590. The van der Waals surface area contributed by atoms with Crippen LogP contribution in [0.4, 0.5) is 17.6 Å². The molecule has 26 heavy (non-hydrogen) atoms. The van der Waals surface area contributed by atoms with Crippen LogP contribution in [0, 0.1) is 0 Å². The summed E-state index contributed by atoms with van der Waals surface area (Å²) in [5.41, 5.74) is 0. The van der Waals surface area contributed by atoms with E-state index in [4.69, 9.17) is 9.47 Å². The number of halogens is 4. The lowest BCUT2D eigenvalue weighted by molar-refractivity contribution is -0.657. The van der Waals surface area contributed by atoms with Crippen LogP contribution in [0.5, 0.6) is 0 Å². The van der Waals surface area contributed by atoms with Crippen molar-refractivity contribution in [2.45, 2.75) is 15.4 Å². The van der Waals surface area contributed by atoms with Crippen molar-refractivity contribution in [3.63, 3.8) is 0 Å². The van der Waals surface area contributed by atoms with Gasteiger partial charge in [0.05, 0.1) is 26.3 Å². The van der Waals surface area contributed by atoms with Gasteiger partial charge in [0.2, 0.25) is 0 Å². The van der Waals surface area contributed by atoms with Gasteiger partial charge in [0.15, 0.2) is 10.1 Å². The summed E-state index contributed by atoms with van der Waals surface area (Å²) in [5.74, 6) is 0. The highest BCUT2D eigenvalue weighted by Gasteiger charge is 2.62. The molecule has 0 aliphatic carbocycles. The number of benzene rings is 1. The van der Waals surface area contributed by atoms with E-state index in [9.17, 15) is 30.5 Å². The number of methoxy groups -OCH3 is 2. The van der Waals surface area contributed by atoms with E-state index in [0.29, 0.717) is 0 Å². The molecule has 0 aromatic heterocycles. The summed E-state index contributed by atoms with van der Waals surface area (Å²) < 4.78 is 91.5. The van der Waals surface area contributed by atoms with E-state index in [2.05, 4.69) is 5.32 Å².